The summed E-state index contributed by atoms with van der Waals surface area (Å²) in [6, 6.07) is 9.43. The second kappa shape index (κ2) is 6.95. The van der Waals surface area contributed by atoms with Gasteiger partial charge in [0.15, 0.2) is 6.61 Å². The van der Waals surface area contributed by atoms with Crippen LogP contribution in [-0.2, 0) is 9.53 Å². The van der Waals surface area contributed by atoms with Gasteiger partial charge in [-0.05, 0) is 43.3 Å². The largest absolute Gasteiger partial charge is 0.467 e. The summed E-state index contributed by atoms with van der Waals surface area (Å²) in [6.07, 6.45) is 1.53. The summed E-state index contributed by atoms with van der Waals surface area (Å²) in [4.78, 5) is 23.4. The molecule has 2 aromatic rings. The third-order valence-corrected chi connectivity index (χ3v) is 3.01. The summed E-state index contributed by atoms with van der Waals surface area (Å²) in [7, 11) is 0. The lowest BCUT2D eigenvalue weighted by Crippen LogP contribution is -2.30. The van der Waals surface area contributed by atoms with E-state index in [9.17, 15) is 9.59 Å². The number of furan rings is 1. The van der Waals surface area contributed by atoms with E-state index in [-0.39, 0.29) is 12.6 Å². The van der Waals surface area contributed by atoms with Crippen LogP contribution in [0.25, 0.3) is 0 Å². The smallest absolute Gasteiger partial charge is 0.338 e. The highest BCUT2D eigenvalue weighted by Crippen LogP contribution is 2.12. The van der Waals surface area contributed by atoms with Gasteiger partial charge in [0.25, 0.3) is 5.91 Å². The predicted molar refractivity (Wildman–Crippen MR) is 77.0 cm³/mol. The molecule has 0 unspecified atom stereocenters. The van der Waals surface area contributed by atoms with Crippen LogP contribution >= 0.6 is 11.6 Å². The molecule has 0 spiro atoms. The highest BCUT2D eigenvalue weighted by Gasteiger charge is 2.14. The molecule has 1 N–H and O–H groups in total. The van der Waals surface area contributed by atoms with Crippen LogP contribution < -0.4 is 5.32 Å². The highest BCUT2D eigenvalue weighted by atomic mass is 35.5. The number of esters is 1. The number of hydrogen-bond donors (Lipinski definition) is 1. The van der Waals surface area contributed by atoms with Gasteiger partial charge < -0.3 is 14.5 Å². The van der Waals surface area contributed by atoms with E-state index >= 15 is 0 Å². The lowest BCUT2D eigenvalue weighted by atomic mass is 10.2. The molecule has 0 radical (unpaired) electrons. The van der Waals surface area contributed by atoms with Gasteiger partial charge in [-0.15, -0.1) is 0 Å². The van der Waals surface area contributed by atoms with Crippen LogP contribution in [0.1, 0.15) is 29.1 Å². The molecule has 21 heavy (non-hydrogen) atoms. The molecule has 1 aromatic carbocycles. The minimum Gasteiger partial charge on any atom is -0.467 e. The molecule has 0 aliphatic carbocycles. The first-order chi connectivity index (χ1) is 10.1. The van der Waals surface area contributed by atoms with Crippen LogP contribution in [0.15, 0.2) is 47.1 Å². The second-order valence-corrected chi connectivity index (χ2v) is 4.82. The number of rotatable bonds is 5. The van der Waals surface area contributed by atoms with Crippen molar-refractivity contribution in [3.63, 3.8) is 0 Å². The number of halogens is 1. The number of hydrogen-bond acceptors (Lipinski definition) is 4. The molecule has 0 saturated heterocycles. The third kappa shape index (κ3) is 4.36. The van der Waals surface area contributed by atoms with Gasteiger partial charge in [-0.1, -0.05) is 11.6 Å². The van der Waals surface area contributed by atoms with E-state index in [2.05, 4.69) is 5.32 Å². The van der Waals surface area contributed by atoms with E-state index in [4.69, 9.17) is 20.8 Å². The van der Waals surface area contributed by atoms with E-state index < -0.39 is 11.9 Å². The van der Waals surface area contributed by atoms with Crippen LogP contribution in [0.5, 0.6) is 0 Å². The molecule has 1 heterocycles. The molecule has 0 bridgehead atoms. The SMILES string of the molecule is C[C@@H](NC(=O)COC(=O)c1ccc(Cl)cc1)c1ccco1. The Morgan fingerprint density at radius 1 is 1.29 bits per heavy atom. The number of ether oxygens (including phenoxy) is 1. The average molecular weight is 308 g/mol. The van der Waals surface area contributed by atoms with Crippen molar-refractivity contribution in [2.75, 3.05) is 6.61 Å². The Hall–Kier alpha value is -2.27. The van der Waals surface area contributed by atoms with Gasteiger partial charge in [0.2, 0.25) is 0 Å². The molecule has 0 fully saturated rings. The molecule has 1 amide bonds. The topological polar surface area (TPSA) is 68.5 Å². The van der Waals surface area contributed by atoms with Crippen LogP contribution in [0.4, 0.5) is 0 Å². The zero-order valence-corrected chi connectivity index (χ0v) is 12.1. The van der Waals surface area contributed by atoms with Gasteiger partial charge in [-0.25, -0.2) is 4.79 Å². The Morgan fingerprint density at radius 2 is 2.00 bits per heavy atom. The van der Waals surface area contributed by atoms with E-state index in [1.807, 2.05) is 0 Å². The molecule has 1 aromatic heterocycles. The molecular formula is C15H14ClNO4. The number of carbonyl (C=O) groups is 2. The van der Waals surface area contributed by atoms with Gasteiger partial charge in [0.1, 0.15) is 5.76 Å². The number of benzene rings is 1. The minimum atomic E-state index is -0.576. The molecule has 6 heteroatoms. The maximum atomic E-state index is 11.7. The summed E-state index contributed by atoms with van der Waals surface area (Å²) in [5, 5.41) is 3.19. The van der Waals surface area contributed by atoms with Crippen molar-refractivity contribution in [1.82, 2.24) is 5.32 Å². The Labute approximate surface area is 126 Å². The van der Waals surface area contributed by atoms with Gasteiger partial charge in [0.05, 0.1) is 17.9 Å². The Bertz CT molecular complexity index is 607. The highest BCUT2D eigenvalue weighted by molar-refractivity contribution is 6.30. The maximum Gasteiger partial charge on any atom is 0.338 e. The summed E-state index contributed by atoms with van der Waals surface area (Å²) in [6.45, 7) is 1.42. The molecule has 1 atom stereocenters. The number of nitrogens with one attached hydrogen (secondary N) is 1. The quantitative estimate of drug-likeness (QED) is 0.862. The number of amides is 1. The molecule has 5 nitrogen and oxygen atoms in total. The fraction of sp³-hybridized carbons (Fsp3) is 0.200. The van der Waals surface area contributed by atoms with Crippen molar-refractivity contribution in [2.45, 2.75) is 13.0 Å². The molecular weight excluding hydrogens is 294 g/mol. The molecule has 0 aliphatic heterocycles. The first kappa shape index (κ1) is 15.1. The summed E-state index contributed by atoms with van der Waals surface area (Å²) in [5.41, 5.74) is 0.339. The van der Waals surface area contributed by atoms with Crippen molar-refractivity contribution in [3.05, 3.63) is 59.0 Å². The lowest BCUT2D eigenvalue weighted by molar-refractivity contribution is -0.125. The maximum absolute atomic E-state index is 11.7. The Morgan fingerprint density at radius 3 is 2.62 bits per heavy atom. The van der Waals surface area contributed by atoms with Gasteiger partial charge >= 0.3 is 5.97 Å². The van der Waals surface area contributed by atoms with E-state index in [0.717, 1.165) is 0 Å². The third-order valence-electron chi connectivity index (χ3n) is 2.76. The van der Waals surface area contributed by atoms with E-state index in [1.54, 1.807) is 31.2 Å². The van der Waals surface area contributed by atoms with Crippen LogP contribution in [0.2, 0.25) is 5.02 Å². The summed E-state index contributed by atoms with van der Waals surface area (Å²) in [5.74, 6) is -0.346. The van der Waals surface area contributed by atoms with E-state index in [0.29, 0.717) is 16.3 Å². The Kier molecular flexibility index (Phi) is 5.00. The first-order valence-electron chi connectivity index (χ1n) is 6.31. The standard InChI is InChI=1S/C15H14ClNO4/c1-10(13-3-2-8-20-13)17-14(18)9-21-15(19)11-4-6-12(16)7-5-11/h2-8,10H,9H2,1H3,(H,17,18)/t10-/m1/s1. The first-order valence-corrected chi connectivity index (χ1v) is 6.69. The molecule has 110 valence electrons. The van der Waals surface area contributed by atoms with Crippen molar-refractivity contribution < 1.29 is 18.7 Å². The van der Waals surface area contributed by atoms with E-state index in [1.165, 1.54) is 18.4 Å². The minimum absolute atomic E-state index is 0.290. The predicted octanol–water partition coefficient (Wildman–Crippen LogP) is 2.97. The normalized spacial score (nSPS) is 11.7. The van der Waals surface area contributed by atoms with Crippen molar-refractivity contribution in [3.8, 4) is 0 Å². The van der Waals surface area contributed by atoms with Crippen LogP contribution in [0.3, 0.4) is 0 Å². The van der Waals surface area contributed by atoms with Crippen LogP contribution in [-0.4, -0.2) is 18.5 Å². The van der Waals surface area contributed by atoms with Gasteiger partial charge in [-0.3, -0.25) is 4.79 Å². The molecule has 0 aliphatic rings. The van der Waals surface area contributed by atoms with Crippen LogP contribution in [0, 0.1) is 0 Å². The summed E-state index contributed by atoms with van der Waals surface area (Å²) >= 11 is 5.72. The van der Waals surface area contributed by atoms with Crippen molar-refractivity contribution in [1.29, 1.82) is 0 Å². The van der Waals surface area contributed by atoms with Gasteiger partial charge in [-0.2, -0.15) is 0 Å². The monoisotopic (exact) mass is 307 g/mol. The van der Waals surface area contributed by atoms with Crippen molar-refractivity contribution >= 4 is 23.5 Å². The number of carbonyl (C=O) groups excluding carboxylic acids is 2. The lowest BCUT2D eigenvalue weighted by Gasteiger charge is -2.11. The Balaban J connectivity index is 1.81. The second-order valence-electron chi connectivity index (χ2n) is 4.39. The zero-order valence-electron chi connectivity index (χ0n) is 11.3. The van der Waals surface area contributed by atoms with Crippen molar-refractivity contribution in [2.24, 2.45) is 0 Å². The molecule has 2 rings (SSSR count). The zero-order chi connectivity index (χ0) is 15.2. The van der Waals surface area contributed by atoms with Gasteiger partial charge in [0, 0.05) is 5.02 Å². The fourth-order valence-electron chi connectivity index (χ4n) is 1.69. The molecule has 0 saturated carbocycles. The summed E-state index contributed by atoms with van der Waals surface area (Å²) < 4.78 is 10.1. The fourth-order valence-corrected chi connectivity index (χ4v) is 1.82. The average Bonchev–Trinajstić information content (AvgIpc) is 3.00.